The van der Waals surface area contributed by atoms with Gasteiger partial charge < -0.3 is 15.7 Å². The average Bonchev–Trinajstić information content (AvgIpc) is 2.13. The Kier molecular flexibility index (Phi) is 3.34. The molecule has 0 unspecified atom stereocenters. The number of halogens is 1. The van der Waals surface area contributed by atoms with Gasteiger partial charge in [0, 0.05) is 22.3 Å². The summed E-state index contributed by atoms with van der Waals surface area (Å²) in [5, 5.41) is 15.3. The third-order valence-corrected chi connectivity index (χ3v) is 3.32. The Hall–Kier alpha value is -0.820. The zero-order valence-corrected chi connectivity index (χ0v) is 10.8. The maximum Gasteiger partial charge on any atom is 0.305 e. The van der Waals surface area contributed by atoms with Crippen LogP contribution in [0.15, 0.2) is 24.3 Å². The van der Waals surface area contributed by atoms with Crippen LogP contribution in [0.25, 0.3) is 0 Å². The van der Waals surface area contributed by atoms with Gasteiger partial charge in [0.15, 0.2) is 0 Å². The lowest BCUT2D eigenvalue weighted by atomic mass is 9.88. The van der Waals surface area contributed by atoms with Crippen molar-refractivity contribution in [3.63, 3.8) is 0 Å². The Morgan fingerprint density at radius 2 is 2.31 bits per heavy atom. The summed E-state index contributed by atoms with van der Waals surface area (Å²) in [4.78, 5) is 10.8. The fourth-order valence-electron chi connectivity index (χ4n) is 1.85. The van der Waals surface area contributed by atoms with Crippen LogP contribution in [-0.2, 0) is 4.79 Å². The number of benzene rings is 1. The molecule has 0 spiro atoms. The van der Waals surface area contributed by atoms with Gasteiger partial charge in [0.1, 0.15) is 0 Å². The molecule has 86 valence electrons. The number of hydrogen-bond donors (Lipinski definition) is 3. The van der Waals surface area contributed by atoms with Gasteiger partial charge >= 0.3 is 5.97 Å². The van der Waals surface area contributed by atoms with Crippen molar-refractivity contribution in [2.45, 2.75) is 12.0 Å². The Morgan fingerprint density at radius 1 is 1.56 bits per heavy atom. The van der Waals surface area contributed by atoms with E-state index in [0.717, 1.165) is 9.26 Å². The molecule has 0 aromatic heterocycles. The number of carbonyl (C=O) groups is 1. The van der Waals surface area contributed by atoms with E-state index in [9.17, 15) is 4.79 Å². The largest absolute Gasteiger partial charge is 0.481 e. The summed E-state index contributed by atoms with van der Waals surface area (Å²) in [7, 11) is 0. The first-order valence-electron chi connectivity index (χ1n) is 5.06. The minimum atomic E-state index is -0.764. The first-order valence-corrected chi connectivity index (χ1v) is 6.14. The highest BCUT2D eigenvalue weighted by molar-refractivity contribution is 14.1. The van der Waals surface area contributed by atoms with Crippen molar-refractivity contribution in [1.82, 2.24) is 5.32 Å². The van der Waals surface area contributed by atoms with E-state index in [4.69, 9.17) is 5.11 Å². The summed E-state index contributed by atoms with van der Waals surface area (Å²) >= 11 is 2.24. The molecular formula is C11H13IN2O2. The Labute approximate surface area is 108 Å². The van der Waals surface area contributed by atoms with Crippen molar-refractivity contribution in [3.05, 3.63) is 27.8 Å². The molecule has 1 aromatic rings. The molecule has 5 heteroatoms. The molecule has 1 aliphatic heterocycles. The zero-order valence-electron chi connectivity index (χ0n) is 8.66. The van der Waals surface area contributed by atoms with Crippen LogP contribution >= 0.6 is 22.6 Å². The lowest BCUT2D eigenvalue weighted by molar-refractivity contribution is -0.138. The minimum absolute atomic E-state index is 0.144. The molecular weight excluding hydrogens is 319 g/mol. The molecule has 0 amide bonds. The number of hydrogen-bond acceptors (Lipinski definition) is 3. The van der Waals surface area contributed by atoms with E-state index in [1.165, 1.54) is 0 Å². The van der Waals surface area contributed by atoms with Gasteiger partial charge in [-0.1, -0.05) is 6.07 Å². The molecule has 1 aliphatic rings. The minimum Gasteiger partial charge on any atom is -0.481 e. The van der Waals surface area contributed by atoms with Crippen molar-refractivity contribution in [2.24, 2.45) is 0 Å². The fraction of sp³-hybridized carbons (Fsp3) is 0.364. The summed E-state index contributed by atoms with van der Waals surface area (Å²) in [6.45, 7) is 1.40. The Bertz CT molecular complexity index is 405. The molecule has 0 aliphatic carbocycles. The molecule has 1 saturated heterocycles. The van der Waals surface area contributed by atoms with Crippen LogP contribution < -0.4 is 10.6 Å². The summed E-state index contributed by atoms with van der Waals surface area (Å²) in [5.41, 5.74) is 0.658. The average molecular weight is 332 g/mol. The van der Waals surface area contributed by atoms with Crippen molar-refractivity contribution in [2.75, 3.05) is 18.4 Å². The number of aliphatic carboxylic acids is 1. The van der Waals surface area contributed by atoms with Gasteiger partial charge in [-0.05, 0) is 40.8 Å². The van der Waals surface area contributed by atoms with E-state index in [1.54, 1.807) is 0 Å². The van der Waals surface area contributed by atoms with Crippen molar-refractivity contribution >= 4 is 34.2 Å². The highest BCUT2D eigenvalue weighted by Crippen LogP contribution is 2.24. The summed E-state index contributed by atoms with van der Waals surface area (Å²) in [5.74, 6) is -0.764. The smallest absolute Gasteiger partial charge is 0.305 e. The van der Waals surface area contributed by atoms with Gasteiger partial charge in [-0.2, -0.15) is 0 Å². The van der Waals surface area contributed by atoms with Gasteiger partial charge in [-0.25, -0.2) is 0 Å². The SMILES string of the molecule is O=C(O)CC1(Nc2cccc(I)c2)CNC1. The second kappa shape index (κ2) is 4.58. The molecule has 0 radical (unpaired) electrons. The normalized spacial score (nSPS) is 17.6. The second-order valence-electron chi connectivity index (χ2n) is 4.09. The molecule has 0 saturated carbocycles. The Morgan fingerprint density at radius 3 is 2.81 bits per heavy atom. The van der Waals surface area contributed by atoms with E-state index in [1.807, 2.05) is 24.3 Å². The number of nitrogens with one attached hydrogen (secondary N) is 2. The molecule has 1 aromatic carbocycles. The standard InChI is InChI=1S/C11H13IN2O2/c12-8-2-1-3-9(4-8)14-11(5-10(15)16)6-13-7-11/h1-4,13-14H,5-7H2,(H,15,16). The van der Waals surface area contributed by atoms with Gasteiger partial charge in [0.05, 0.1) is 12.0 Å². The number of anilines is 1. The van der Waals surface area contributed by atoms with Crippen LogP contribution in [0.2, 0.25) is 0 Å². The summed E-state index contributed by atoms with van der Waals surface area (Å²) < 4.78 is 1.14. The number of carboxylic acid groups (broad SMARTS) is 1. The van der Waals surface area contributed by atoms with Gasteiger partial charge in [-0.3, -0.25) is 4.79 Å². The third kappa shape index (κ3) is 2.65. The van der Waals surface area contributed by atoms with E-state index in [2.05, 4.69) is 33.2 Å². The van der Waals surface area contributed by atoms with Crippen molar-refractivity contribution in [3.8, 4) is 0 Å². The fourth-order valence-corrected chi connectivity index (χ4v) is 2.39. The van der Waals surface area contributed by atoms with E-state index in [0.29, 0.717) is 13.1 Å². The van der Waals surface area contributed by atoms with Crippen LogP contribution in [0.5, 0.6) is 0 Å². The summed E-state index contributed by atoms with van der Waals surface area (Å²) in [6.07, 6.45) is 0.144. The lowest BCUT2D eigenvalue weighted by Crippen LogP contribution is -2.65. The zero-order chi connectivity index (χ0) is 11.6. The topological polar surface area (TPSA) is 61.4 Å². The monoisotopic (exact) mass is 332 g/mol. The maximum absolute atomic E-state index is 10.8. The first kappa shape index (κ1) is 11.7. The molecule has 0 atom stereocenters. The molecule has 3 N–H and O–H groups in total. The quantitative estimate of drug-likeness (QED) is 0.732. The van der Waals surface area contributed by atoms with Crippen LogP contribution in [-0.4, -0.2) is 29.7 Å². The molecule has 0 bridgehead atoms. The second-order valence-corrected chi connectivity index (χ2v) is 5.34. The number of rotatable bonds is 4. The van der Waals surface area contributed by atoms with Crippen LogP contribution in [0, 0.1) is 3.57 Å². The molecule has 16 heavy (non-hydrogen) atoms. The number of carboxylic acids is 1. The van der Waals surface area contributed by atoms with E-state index >= 15 is 0 Å². The van der Waals surface area contributed by atoms with Gasteiger partial charge in [0.2, 0.25) is 0 Å². The van der Waals surface area contributed by atoms with Crippen LogP contribution in [0.1, 0.15) is 6.42 Å². The predicted molar refractivity (Wildman–Crippen MR) is 70.6 cm³/mol. The molecule has 1 heterocycles. The third-order valence-electron chi connectivity index (χ3n) is 2.65. The Balaban J connectivity index is 2.09. The van der Waals surface area contributed by atoms with Crippen molar-refractivity contribution < 1.29 is 9.90 Å². The first-order chi connectivity index (χ1) is 7.60. The van der Waals surface area contributed by atoms with Crippen molar-refractivity contribution in [1.29, 1.82) is 0 Å². The highest BCUT2D eigenvalue weighted by Gasteiger charge is 2.38. The van der Waals surface area contributed by atoms with Gasteiger partial charge in [0.25, 0.3) is 0 Å². The molecule has 1 fully saturated rings. The highest BCUT2D eigenvalue weighted by atomic mass is 127. The van der Waals surface area contributed by atoms with Crippen LogP contribution in [0.3, 0.4) is 0 Å². The predicted octanol–water partition coefficient (Wildman–Crippen LogP) is 1.52. The van der Waals surface area contributed by atoms with E-state index < -0.39 is 5.97 Å². The van der Waals surface area contributed by atoms with Crippen LogP contribution in [0.4, 0.5) is 5.69 Å². The summed E-state index contributed by atoms with van der Waals surface area (Å²) in [6, 6.07) is 7.95. The lowest BCUT2D eigenvalue weighted by Gasteiger charge is -2.43. The van der Waals surface area contributed by atoms with E-state index in [-0.39, 0.29) is 12.0 Å². The molecule has 4 nitrogen and oxygen atoms in total. The maximum atomic E-state index is 10.8. The van der Waals surface area contributed by atoms with Gasteiger partial charge in [-0.15, -0.1) is 0 Å². The molecule has 2 rings (SSSR count).